The van der Waals surface area contributed by atoms with Gasteiger partial charge in [-0.15, -0.1) is 0 Å². The van der Waals surface area contributed by atoms with Crippen LogP contribution in [-0.2, 0) is 16.0 Å². The predicted octanol–water partition coefficient (Wildman–Crippen LogP) is 6.43. The fourth-order valence-corrected chi connectivity index (χ4v) is 5.18. The van der Waals surface area contributed by atoms with E-state index in [9.17, 15) is 27.9 Å². The molecule has 0 aromatic heterocycles. The Labute approximate surface area is 195 Å². The monoisotopic (exact) mass is 479 g/mol. The molecule has 0 heterocycles. The third-order valence-electron chi connectivity index (χ3n) is 7.08. The van der Waals surface area contributed by atoms with Crippen LogP contribution in [0.25, 0.3) is 0 Å². The number of benzene rings is 2. The van der Waals surface area contributed by atoms with Crippen molar-refractivity contribution in [1.29, 1.82) is 0 Å². The number of amides is 1. The molecule has 2 aromatic carbocycles. The zero-order valence-electron chi connectivity index (χ0n) is 17.9. The van der Waals surface area contributed by atoms with Crippen molar-refractivity contribution in [2.75, 3.05) is 5.32 Å². The fraction of sp³-hybridized carbons (Fsp3) is 0.440. The number of carboxylic acid groups (broad SMARTS) is 1. The third-order valence-corrected chi connectivity index (χ3v) is 7.33. The highest BCUT2D eigenvalue weighted by atomic mass is 35.5. The number of halogens is 4. The second kappa shape index (κ2) is 9.01. The molecule has 33 heavy (non-hydrogen) atoms. The van der Waals surface area contributed by atoms with Crippen molar-refractivity contribution in [2.45, 2.75) is 56.8 Å². The second-order valence-electron chi connectivity index (χ2n) is 9.21. The first kappa shape index (κ1) is 23.6. The van der Waals surface area contributed by atoms with E-state index in [4.69, 9.17) is 11.6 Å². The lowest BCUT2D eigenvalue weighted by molar-refractivity contribution is -0.154. The minimum Gasteiger partial charge on any atom is -0.481 e. The van der Waals surface area contributed by atoms with Crippen LogP contribution in [0.2, 0.25) is 5.02 Å². The maximum Gasteiger partial charge on any atom is 0.309 e. The molecule has 0 aliphatic heterocycles. The Bertz CT molecular complexity index is 1050. The third kappa shape index (κ3) is 4.74. The second-order valence-corrected chi connectivity index (χ2v) is 9.64. The minimum absolute atomic E-state index is 0.141. The van der Waals surface area contributed by atoms with Crippen LogP contribution in [0.4, 0.5) is 18.9 Å². The largest absolute Gasteiger partial charge is 0.481 e. The maximum atomic E-state index is 14.6. The van der Waals surface area contributed by atoms with E-state index in [0.717, 1.165) is 6.42 Å². The van der Waals surface area contributed by atoms with Crippen LogP contribution in [0.1, 0.15) is 55.6 Å². The molecular formula is C25H25ClF3NO3. The highest BCUT2D eigenvalue weighted by molar-refractivity contribution is 6.30. The topological polar surface area (TPSA) is 66.4 Å². The van der Waals surface area contributed by atoms with Gasteiger partial charge in [0, 0.05) is 17.4 Å². The molecule has 2 N–H and O–H groups in total. The summed E-state index contributed by atoms with van der Waals surface area (Å²) in [5.41, 5.74) is -0.0587. The number of carboxylic acids is 1. The number of aliphatic carboxylic acids is 1. The first-order valence-electron chi connectivity index (χ1n) is 11.1. The average Bonchev–Trinajstić information content (AvgIpc) is 3.07. The molecule has 2 fully saturated rings. The Hall–Kier alpha value is -2.54. The molecule has 0 saturated heterocycles. The molecule has 2 aliphatic carbocycles. The lowest BCUT2D eigenvalue weighted by Crippen LogP contribution is -2.39. The normalized spacial score (nSPS) is 21.8. The first-order valence-corrected chi connectivity index (χ1v) is 11.5. The van der Waals surface area contributed by atoms with Gasteiger partial charge in [0.25, 0.3) is 5.92 Å². The van der Waals surface area contributed by atoms with E-state index >= 15 is 0 Å². The molecule has 2 aliphatic rings. The lowest BCUT2D eigenvalue weighted by Gasteiger charge is -2.37. The van der Waals surface area contributed by atoms with Crippen molar-refractivity contribution in [3.05, 3.63) is 64.4 Å². The van der Waals surface area contributed by atoms with E-state index in [1.165, 1.54) is 30.3 Å². The van der Waals surface area contributed by atoms with Crippen molar-refractivity contribution < 1.29 is 27.9 Å². The summed E-state index contributed by atoms with van der Waals surface area (Å²) in [6.07, 6.45) is 2.29. The molecule has 1 amide bonds. The van der Waals surface area contributed by atoms with E-state index in [1.54, 1.807) is 12.1 Å². The standard InChI is InChI=1S/C25H25ClF3NO3/c26-17-7-5-16(6-8-17)21(18-3-1-12-25(18,28)29)22(31)30-20-13-15(4-9-19(20)27)14-24(23(32)33)10-2-11-24/h4-9,13,18,21H,1-3,10-12,14H2,(H,30,31)(H,32,33). The molecule has 8 heteroatoms. The number of nitrogens with one attached hydrogen (secondary N) is 1. The number of anilines is 1. The number of carbonyl (C=O) groups is 2. The molecule has 4 rings (SSSR count). The smallest absolute Gasteiger partial charge is 0.309 e. The summed E-state index contributed by atoms with van der Waals surface area (Å²) in [4.78, 5) is 25.0. The number of rotatable bonds is 7. The number of alkyl halides is 2. The van der Waals surface area contributed by atoms with Gasteiger partial charge in [-0.1, -0.05) is 36.2 Å². The Morgan fingerprint density at radius 2 is 1.79 bits per heavy atom. The van der Waals surface area contributed by atoms with Crippen molar-refractivity contribution in [2.24, 2.45) is 11.3 Å². The molecule has 4 nitrogen and oxygen atoms in total. The van der Waals surface area contributed by atoms with Gasteiger partial charge >= 0.3 is 5.97 Å². The molecule has 0 spiro atoms. The van der Waals surface area contributed by atoms with Gasteiger partial charge in [0.15, 0.2) is 0 Å². The van der Waals surface area contributed by atoms with Gasteiger partial charge in [-0.05, 0) is 67.5 Å². The van der Waals surface area contributed by atoms with Crippen molar-refractivity contribution in [3.8, 4) is 0 Å². The summed E-state index contributed by atoms with van der Waals surface area (Å²) in [5, 5.41) is 12.5. The Morgan fingerprint density at radius 3 is 2.33 bits per heavy atom. The zero-order valence-corrected chi connectivity index (χ0v) is 18.7. The number of hydrogen-bond acceptors (Lipinski definition) is 2. The average molecular weight is 480 g/mol. The summed E-state index contributed by atoms with van der Waals surface area (Å²) < 4.78 is 43.8. The highest BCUT2D eigenvalue weighted by Crippen LogP contribution is 2.48. The van der Waals surface area contributed by atoms with Crippen molar-refractivity contribution in [1.82, 2.24) is 0 Å². The minimum atomic E-state index is -3.01. The van der Waals surface area contributed by atoms with Gasteiger partial charge in [0.1, 0.15) is 5.82 Å². The summed E-state index contributed by atoms with van der Waals surface area (Å²) in [6.45, 7) is 0. The van der Waals surface area contributed by atoms with Crippen LogP contribution >= 0.6 is 11.6 Å². The molecule has 2 unspecified atom stereocenters. The van der Waals surface area contributed by atoms with E-state index < -0.39 is 40.9 Å². The Balaban J connectivity index is 1.61. The lowest BCUT2D eigenvalue weighted by atomic mass is 9.65. The fourth-order valence-electron chi connectivity index (χ4n) is 5.05. The van der Waals surface area contributed by atoms with E-state index in [1.807, 2.05) is 0 Å². The maximum absolute atomic E-state index is 14.6. The predicted molar refractivity (Wildman–Crippen MR) is 119 cm³/mol. The van der Waals surface area contributed by atoms with Crippen LogP contribution in [0, 0.1) is 17.2 Å². The quantitative estimate of drug-likeness (QED) is 0.480. The summed E-state index contributed by atoms with van der Waals surface area (Å²) in [6, 6.07) is 10.2. The van der Waals surface area contributed by atoms with Gasteiger partial charge in [0.2, 0.25) is 5.91 Å². The van der Waals surface area contributed by atoms with E-state index in [-0.39, 0.29) is 24.9 Å². The van der Waals surface area contributed by atoms with Crippen LogP contribution in [0.15, 0.2) is 42.5 Å². The number of carbonyl (C=O) groups excluding carboxylic acids is 1. The van der Waals surface area contributed by atoms with E-state index in [0.29, 0.717) is 35.4 Å². The van der Waals surface area contributed by atoms with Gasteiger partial charge in [-0.25, -0.2) is 13.2 Å². The molecular weight excluding hydrogens is 455 g/mol. The summed E-state index contributed by atoms with van der Waals surface area (Å²) in [7, 11) is 0. The molecule has 176 valence electrons. The SMILES string of the molecule is O=C(Nc1cc(CC2(C(=O)O)CCC2)ccc1F)C(c1ccc(Cl)cc1)C1CCCC1(F)F. The van der Waals surface area contributed by atoms with E-state index in [2.05, 4.69) is 5.32 Å². The first-order chi connectivity index (χ1) is 15.6. The molecule has 2 atom stereocenters. The Kier molecular flexibility index (Phi) is 6.45. The van der Waals surface area contributed by atoms with Crippen molar-refractivity contribution in [3.63, 3.8) is 0 Å². The number of hydrogen-bond donors (Lipinski definition) is 2. The summed E-state index contributed by atoms with van der Waals surface area (Å²) >= 11 is 5.93. The molecule has 2 aromatic rings. The van der Waals surface area contributed by atoms with Crippen molar-refractivity contribution >= 4 is 29.2 Å². The van der Waals surface area contributed by atoms with Crippen LogP contribution in [0.3, 0.4) is 0 Å². The van der Waals surface area contributed by atoms with Gasteiger partial charge in [-0.2, -0.15) is 0 Å². The van der Waals surface area contributed by atoms with Gasteiger partial charge in [-0.3, -0.25) is 9.59 Å². The van der Waals surface area contributed by atoms with Crippen LogP contribution in [-0.4, -0.2) is 22.9 Å². The molecule has 2 saturated carbocycles. The zero-order chi connectivity index (χ0) is 23.8. The van der Waals surface area contributed by atoms with Crippen LogP contribution in [0.5, 0.6) is 0 Å². The highest BCUT2D eigenvalue weighted by Gasteiger charge is 2.50. The van der Waals surface area contributed by atoms with Gasteiger partial charge in [0.05, 0.1) is 17.0 Å². The Morgan fingerprint density at radius 1 is 1.09 bits per heavy atom. The summed E-state index contributed by atoms with van der Waals surface area (Å²) in [5.74, 6) is -7.74. The molecule has 0 bridgehead atoms. The molecule has 0 radical (unpaired) electrons. The van der Waals surface area contributed by atoms with Gasteiger partial charge < -0.3 is 10.4 Å². The van der Waals surface area contributed by atoms with Crippen LogP contribution < -0.4 is 5.32 Å².